The molecule has 0 unspecified atom stereocenters. The number of carbonyl (C=O) groups excluding carboxylic acids is 1. The highest BCUT2D eigenvalue weighted by Crippen LogP contribution is 2.32. The summed E-state index contributed by atoms with van der Waals surface area (Å²) in [6.07, 6.45) is 1.53. The smallest absolute Gasteiger partial charge is 0.258 e. The van der Waals surface area contributed by atoms with Crippen LogP contribution in [-0.2, 0) is 6.98 Å². The largest absolute Gasteiger partial charge is 0.328 e. The third kappa shape index (κ3) is 3.10. The van der Waals surface area contributed by atoms with E-state index in [-0.39, 0.29) is 11.6 Å². The molecule has 1 N–H and O–H groups in total. The number of hydrogen-bond donors (Lipinski definition) is 1. The van der Waals surface area contributed by atoms with Gasteiger partial charge in [-0.15, -0.1) is 0 Å². The van der Waals surface area contributed by atoms with Crippen molar-refractivity contribution in [3.05, 3.63) is 83.6 Å². The maximum Gasteiger partial charge on any atom is 0.258 e. The van der Waals surface area contributed by atoms with E-state index in [1.54, 1.807) is 24.3 Å². The van der Waals surface area contributed by atoms with Crippen LogP contribution in [0, 0.1) is 13.8 Å². The zero-order chi connectivity index (χ0) is 21.5. The lowest BCUT2D eigenvalue weighted by Gasteiger charge is -2.10. The molecule has 0 aliphatic heterocycles. The Balaban J connectivity index is 1.98. The molecule has 0 aliphatic rings. The van der Waals surface area contributed by atoms with Crippen LogP contribution in [-0.4, -0.2) is 15.5 Å². The highest BCUT2D eigenvalue weighted by atomic mass is 16.1. The molecule has 27 heavy (non-hydrogen) atoms. The Bertz CT molecular complexity index is 1220. The summed E-state index contributed by atoms with van der Waals surface area (Å²) in [7, 11) is 0. The second kappa shape index (κ2) is 6.72. The van der Waals surface area contributed by atoms with Gasteiger partial charge in [0, 0.05) is 28.4 Å². The van der Waals surface area contributed by atoms with E-state index < -0.39 is 6.98 Å². The molecule has 1 amide bonds. The Morgan fingerprint density at radius 3 is 2.48 bits per heavy atom. The van der Waals surface area contributed by atoms with Crippen LogP contribution in [0.4, 0.5) is 5.69 Å². The second-order valence-electron chi connectivity index (χ2n) is 6.63. The molecule has 0 atom stereocenters. The molecule has 0 spiro atoms. The summed E-state index contributed by atoms with van der Waals surface area (Å²) in [6.45, 7) is 1.42. The highest BCUT2D eigenvalue weighted by Gasteiger charge is 2.23. The quantitative estimate of drug-likeness (QED) is 0.553. The molecular formula is C23H21N3O. The number of nitrogens with one attached hydrogen (secondary N) is 1. The topological polar surface area (TPSA) is 46.9 Å². The van der Waals surface area contributed by atoms with Crippen LogP contribution >= 0.6 is 0 Å². The van der Waals surface area contributed by atoms with Gasteiger partial charge in [0.25, 0.3) is 5.91 Å². The molecule has 0 bridgehead atoms. The number of hydrogen-bond acceptors (Lipinski definition) is 2. The monoisotopic (exact) mass is 358 g/mol. The zero-order valence-corrected chi connectivity index (χ0v) is 15.2. The summed E-state index contributed by atoms with van der Waals surface area (Å²) in [5.74, 6) is -0.375. The van der Waals surface area contributed by atoms with Crippen molar-refractivity contribution in [2.45, 2.75) is 13.8 Å². The second-order valence-corrected chi connectivity index (χ2v) is 6.63. The average molecular weight is 358 g/mol. The summed E-state index contributed by atoms with van der Waals surface area (Å²) in [5, 5.41) is 3.44. The first-order valence-electron chi connectivity index (χ1n) is 10.2. The summed E-state index contributed by atoms with van der Waals surface area (Å²) in [4.78, 5) is 17.7. The number of aryl methyl sites for hydroxylation is 3. The minimum absolute atomic E-state index is 0.252. The first-order valence-corrected chi connectivity index (χ1v) is 8.70. The Labute approximate surface area is 162 Å². The van der Waals surface area contributed by atoms with Gasteiger partial charge < -0.3 is 9.88 Å². The number of nitrogens with zero attached hydrogens (tertiary/aromatic N) is 2. The Morgan fingerprint density at radius 1 is 1.04 bits per heavy atom. The van der Waals surface area contributed by atoms with Crippen molar-refractivity contribution in [2.24, 2.45) is 6.98 Å². The average Bonchev–Trinajstić information content (AvgIpc) is 3.03. The van der Waals surface area contributed by atoms with Gasteiger partial charge in [0.05, 0.1) is 11.3 Å². The van der Waals surface area contributed by atoms with Crippen molar-refractivity contribution in [2.75, 3.05) is 5.32 Å². The Hall–Kier alpha value is -3.40. The predicted molar refractivity (Wildman–Crippen MR) is 110 cm³/mol. The maximum atomic E-state index is 13.4. The molecule has 2 aromatic heterocycles. The van der Waals surface area contributed by atoms with Gasteiger partial charge in [-0.1, -0.05) is 36.4 Å². The van der Waals surface area contributed by atoms with Gasteiger partial charge in [-0.3, -0.25) is 4.79 Å². The fourth-order valence-corrected chi connectivity index (χ4v) is 3.46. The highest BCUT2D eigenvalue weighted by molar-refractivity contribution is 6.17. The summed E-state index contributed by atoms with van der Waals surface area (Å²) >= 11 is 0. The molecule has 0 aliphatic carbocycles. The molecule has 4 rings (SSSR count). The zero-order valence-electron chi connectivity index (χ0n) is 18.2. The van der Waals surface area contributed by atoms with E-state index in [0.29, 0.717) is 27.9 Å². The van der Waals surface area contributed by atoms with Gasteiger partial charge >= 0.3 is 0 Å². The van der Waals surface area contributed by atoms with Crippen LogP contribution in [0.2, 0.25) is 0 Å². The minimum Gasteiger partial charge on any atom is -0.328 e. The third-order valence-corrected chi connectivity index (χ3v) is 4.48. The van der Waals surface area contributed by atoms with Crippen LogP contribution in [0.25, 0.3) is 22.3 Å². The summed E-state index contributed by atoms with van der Waals surface area (Å²) in [6, 6.07) is 18.3. The number of amides is 1. The number of pyridine rings is 1. The molecule has 2 heterocycles. The fourth-order valence-electron chi connectivity index (χ4n) is 3.46. The number of anilines is 1. The lowest BCUT2D eigenvalue weighted by molar-refractivity contribution is 0.102. The predicted octanol–water partition coefficient (Wildman–Crippen LogP) is 5.11. The van der Waals surface area contributed by atoms with Crippen molar-refractivity contribution in [1.82, 2.24) is 9.55 Å². The number of rotatable bonds is 3. The fraction of sp³-hybridized carbons (Fsp3) is 0.130. The van der Waals surface area contributed by atoms with Crippen molar-refractivity contribution in [1.29, 1.82) is 0 Å². The van der Waals surface area contributed by atoms with Gasteiger partial charge in [0.2, 0.25) is 0 Å². The van der Waals surface area contributed by atoms with E-state index >= 15 is 0 Å². The van der Waals surface area contributed by atoms with Crippen LogP contribution < -0.4 is 5.32 Å². The van der Waals surface area contributed by atoms with Crippen molar-refractivity contribution < 1.29 is 8.91 Å². The number of carbonyl (C=O) groups is 1. The Morgan fingerprint density at radius 2 is 1.78 bits per heavy atom. The normalized spacial score (nSPS) is 13.0. The first kappa shape index (κ1) is 13.8. The molecular weight excluding hydrogens is 334 g/mol. The number of benzene rings is 2. The molecule has 4 aromatic rings. The van der Waals surface area contributed by atoms with E-state index in [4.69, 9.17) is 4.11 Å². The Kier molecular flexibility index (Phi) is 3.43. The minimum atomic E-state index is -2.50. The van der Waals surface area contributed by atoms with Crippen LogP contribution in [0.3, 0.4) is 0 Å². The molecule has 2 aromatic carbocycles. The van der Waals surface area contributed by atoms with Crippen LogP contribution in [0.15, 0.2) is 66.9 Å². The summed E-state index contributed by atoms with van der Waals surface area (Å²) in [5.41, 5.74) is 4.22. The number of fused-ring (bicyclic) bond motifs is 1. The molecule has 0 radical (unpaired) electrons. The van der Waals surface area contributed by atoms with Gasteiger partial charge in [0.1, 0.15) is 5.65 Å². The molecule has 0 saturated carbocycles. The SMILES string of the molecule is [2H]C([2H])([2H])n1c(-c2ccccc2)c(C(=O)Nc2cc(C)cc(C)c2)c2cccnc21. The van der Waals surface area contributed by atoms with E-state index in [1.807, 2.05) is 50.2 Å². The van der Waals surface area contributed by atoms with E-state index in [1.165, 1.54) is 10.8 Å². The molecule has 4 heteroatoms. The first-order chi connectivity index (χ1) is 14.3. The summed E-state index contributed by atoms with van der Waals surface area (Å²) < 4.78 is 25.5. The van der Waals surface area contributed by atoms with Crippen LogP contribution in [0.5, 0.6) is 0 Å². The lowest BCUT2D eigenvalue weighted by Crippen LogP contribution is -2.13. The van der Waals surface area contributed by atoms with Gasteiger partial charge in [-0.2, -0.15) is 0 Å². The van der Waals surface area contributed by atoms with Gasteiger partial charge in [-0.05, 0) is 54.8 Å². The van der Waals surface area contributed by atoms with Crippen molar-refractivity contribution in [3.63, 3.8) is 0 Å². The lowest BCUT2D eigenvalue weighted by atomic mass is 10.0. The van der Waals surface area contributed by atoms with E-state index in [2.05, 4.69) is 10.3 Å². The molecule has 0 fully saturated rings. The molecule has 134 valence electrons. The van der Waals surface area contributed by atoms with Crippen LogP contribution in [0.1, 0.15) is 25.6 Å². The number of aromatic nitrogens is 2. The molecule has 4 nitrogen and oxygen atoms in total. The maximum absolute atomic E-state index is 13.4. The van der Waals surface area contributed by atoms with E-state index in [9.17, 15) is 4.79 Å². The third-order valence-electron chi connectivity index (χ3n) is 4.48. The standard InChI is InChI=1S/C23H21N3O/c1-15-12-16(2)14-18(13-15)25-23(27)20-19-10-7-11-24-22(19)26(3)21(20)17-8-5-4-6-9-17/h4-14H,1-3H3,(H,25,27)/i3D3. The van der Waals surface area contributed by atoms with Gasteiger partial charge in [0.15, 0.2) is 0 Å². The van der Waals surface area contributed by atoms with Crippen molar-refractivity contribution >= 4 is 22.6 Å². The molecule has 0 saturated heterocycles. The van der Waals surface area contributed by atoms with Gasteiger partial charge in [-0.25, -0.2) is 4.98 Å². The van der Waals surface area contributed by atoms with E-state index in [0.717, 1.165) is 11.1 Å². The van der Waals surface area contributed by atoms with Crippen molar-refractivity contribution in [3.8, 4) is 11.3 Å².